The third-order valence-corrected chi connectivity index (χ3v) is 5.87. The highest BCUT2D eigenvalue weighted by Gasteiger charge is 2.38. The fourth-order valence-electron chi connectivity index (χ4n) is 2.63. The Bertz CT molecular complexity index is 1190. The zero-order chi connectivity index (χ0) is 24.3. The molecule has 174 valence electrons. The molecule has 2 N–H and O–H groups in total. The molecule has 0 aromatic heterocycles. The van der Waals surface area contributed by atoms with Crippen LogP contribution in [0.5, 0.6) is 11.5 Å². The third-order valence-electron chi connectivity index (χ3n) is 4.29. The molecule has 3 aromatic carbocycles. The molecule has 3 aromatic rings. The van der Waals surface area contributed by atoms with Crippen LogP contribution >= 0.6 is 7.75 Å². The second-order valence-electron chi connectivity index (χ2n) is 6.66. The summed E-state index contributed by atoms with van der Waals surface area (Å²) in [6.07, 6.45) is 0. The Morgan fingerprint density at radius 3 is 1.82 bits per heavy atom. The smallest absolute Gasteiger partial charge is 0.480 e. The van der Waals surface area contributed by atoms with Crippen LogP contribution < -0.4 is 14.1 Å². The summed E-state index contributed by atoms with van der Waals surface area (Å²) in [4.78, 5) is 11.2. The van der Waals surface area contributed by atoms with Crippen molar-refractivity contribution < 1.29 is 45.5 Å². The van der Waals surface area contributed by atoms with Crippen molar-refractivity contribution in [1.29, 1.82) is 0 Å². The van der Waals surface area contributed by atoms with E-state index >= 15 is 0 Å². The molecule has 6 nitrogen and oxygen atoms in total. The predicted molar refractivity (Wildman–Crippen MR) is 107 cm³/mol. The predicted octanol–water partition coefficient (Wildman–Crippen LogP) is 5.68. The molecular weight excluding hydrogens is 472 g/mol. The first kappa shape index (κ1) is 24.2. The lowest BCUT2D eigenvalue weighted by molar-refractivity contribution is -0.138. The molecule has 1 unspecified atom stereocenters. The molecular formula is C21H15F5NO5P. The molecule has 0 radical (unpaired) electrons. The van der Waals surface area contributed by atoms with Crippen molar-refractivity contribution in [3.8, 4) is 22.6 Å². The van der Waals surface area contributed by atoms with Crippen molar-refractivity contribution >= 4 is 13.7 Å². The molecule has 2 atom stereocenters. The van der Waals surface area contributed by atoms with E-state index in [-0.39, 0.29) is 5.75 Å². The average Bonchev–Trinajstić information content (AvgIpc) is 2.80. The first-order valence-corrected chi connectivity index (χ1v) is 10.7. The molecule has 0 spiro atoms. The average molecular weight is 487 g/mol. The van der Waals surface area contributed by atoms with Gasteiger partial charge in [0.15, 0.2) is 0 Å². The minimum Gasteiger partial charge on any atom is -0.480 e. The van der Waals surface area contributed by atoms with Gasteiger partial charge in [-0.3, -0.25) is 4.79 Å². The van der Waals surface area contributed by atoms with Gasteiger partial charge in [0.1, 0.15) is 11.8 Å². The summed E-state index contributed by atoms with van der Waals surface area (Å²) < 4.78 is 91.3. The van der Waals surface area contributed by atoms with Gasteiger partial charge < -0.3 is 14.2 Å². The minimum absolute atomic E-state index is 0.202. The van der Waals surface area contributed by atoms with Crippen molar-refractivity contribution in [2.24, 2.45) is 0 Å². The van der Waals surface area contributed by atoms with Gasteiger partial charge in [0.05, 0.1) is 0 Å². The maximum Gasteiger partial charge on any atom is 0.513 e. The number of rotatable bonds is 8. The molecule has 0 saturated heterocycles. The summed E-state index contributed by atoms with van der Waals surface area (Å²) >= 11 is 0. The van der Waals surface area contributed by atoms with E-state index < -0.39 is 54.6 Å². The highest BCUT2D eigenvalue weighted by Crippen LogP contribution is 2.47. The number of aliphatic carboxylic acids is 1. The summed E-state index contributed by atoms with van der Waals surface area (Å²) in [6.45, 7) is 0.999. The largest absolute Gasteiger partial charge is 0.513 e. The first-order chi connectivity index (χ1) is 15.5. The van der Waals surface area contributed by atoms with Gasteiger partial charge in [-0.05, 0) is 30.2 Å². The summed E-state index contributed by atoms with van der Waals surface area (Å²) in [5.74, 6) is -15.6. The van der Waals surface area contributed by atoms with E-state index in [0.29, 0.717) is 5.56 Å². The molecule has 12 heteroatoms. The lowest BCUT2D eigenvalue weighted by Gasteiger charge is -2.23. The monoisotopic (exact) mass is 487 g/mol. The second-order valence-corrected chi connectivity index (χ2v) is 8.28. The van der Waals surface area contributed by atoms with Crippen LogP contribution in [0.3, 0.4) is 0 Å². The van der Waals surface area contributed by atoms with Gasteiger partial charge in [-0.1, -0.05) is 42.5 Å². The van der Waals surface area contributed by atoms with Crippen molar-refractivity contribution in [1.82, 2.24) is 5.09 Å². The molecule has 3 rings (SSSR count). The highest BCUT2D eigenvalue weighted by atomic mass is 31.2. The van der Waals surface area contributed by atoms with E-state index in [4.69, 9.17) is 9.63 Å². The summed E-state index contributed by atoms with van der Waals surface area (Å²) in [5.41, 5.74) is 1.54. The van der Waals surface area contributed by atoms with Crippen molar-refractivity contribution in [2.45, 2.75) is 13.0 Å². The SMILES string of the molecule is C[C@H](NP(=O)(Oc1ccc(-c2ccccc2)cc1)Oc1c(F)c(F)c(F)c(F)c1F)C(=O)O. The van der Waals surface area contributed by atoms with Crippen LogP contribution in [0.4, 0.5) is 22.0 Å². The highest BCUT2D eigenvalue weighted by molar-refractivity contribution is 7.52. The lowest BCUT2D eigenvalue weighted by Crippen LogP contribution is -2.34. The van der Waals surface area contributed by atoms with Crippen LogP contribution in [0.1, 0.15) is 6.92 Å². The number of benzene rings is 3. The van der Waals surface area contributed by atoms with Crippen molar-refractivity contribution in [3.05, 3.63) is 83.7 Å². The second kappa shape index (κ2) is 9.60. The maximum atomic E-state index is 14.0. The van der Waals surface area contributed by atoms with Crippen LogP contribution in [-0.2, 0) is 9.36 Å². The Morgan fingerprint density at radius 2 is 1.30 bits per heavy atom. The molecule has 0 amide bonds. The third kappa shape index (κ3) is 5.32. The van der Waals surface area contributed by atoms with E-state index in [1.165, 1.54) is 24.3 Å². The van der Waals surface area contributed by atoms with Crippen molar-refractivity contribution in [2.75, 3.05) is 0 Å². The van der Waals surface area contributed by atoms with Crippen LogP contribution in [0, 0.1) is 29.1 Å². The summed E-state index contributed by atoms with van der Waals surface area (Å²) in [6, 6.07) is 13.0. The maximum absolute atomic E-state index is 14.0. The van der Waals surface area contributed by atoms with E-state index in [1.54, 1.807) is 12.1 Å². The minimum atomic E-state index is -5.04. The van der Waals surface area contributed by atoms with Gasteiger partial charge in [-0.15, -0.1) is 0 Å². The van der Waals surface area contributed by atoms with Crippen LogP contribution in [0.25, 0.3) is 11.1 Å². The number of carbonyl (C=O) groups is 1. The number of carboxylic acid groups (broad SMARTS) is 1. The molecule has 0 aliphatic heterocycles. The molecule has 0 aliphatic carbocycles. The van der Waals surface area contributed by atoms with Gasteiger partial charge in [-0.25, -0.2) is 17.7 Å². The topological polar surface area (TPSA) is 84.9 Å². The summed E-state index contributed by atoms with van der Waals surface area (Å²) in [7, 11) is -5.04. The molecule has 0 heterocycles. The Hall–Kier alpha value is -3.43. The number of halogens is 5. The molecule has 33 heavy (non-hydrogen) atoms. The Morgan fingerprint density at radius 1 is 0.818 bits per heavy atom. The lowest BCUT2D eigenvalue weighted by atomic mass is 10.1. The fourth-order valence-corrected chi connectivity index (χ4v) is 4.15. The molecule has 0 saturated carbocycles. The van der Waals surface area contributed by atoms with Gasteiger partial charge in [-0.2, -0.15) is 13.9 Å². The van der Waals surface area contributed by atoms with Crippen molar-refractivity contribution in [3.63, 3.8) is 0 Å². The normalized spacial score (nSPS) is 13.8. The number of nitrogens with one attached hydrogen (secondary N) is 1. The Kier molecular flexibility index (Phi) is 7.04. The fraction of sp³-hybridized carbons (Fsp3) is 0.0952. The number of carboxylic acids is 1. The summed E-state index contributed by atoms with van der Waals surface area (Å²) in [5, 5.41) is 10.9. The molecule has 0 fully saturated rings. The molecule has 0 bridgehead atoms. The van der Waals surface area contributed by atoms with E-state index in [2.05, 4.69) is 4.52 Å². The van der Waals surface area contributed by atoms with E-state index in [0.717, 1.165) is 12.5 Å². The molecule has 0 aliphatic rings. The quantitative estimate of drug-likeness (QED) is 0.184. The Labute approximate surface area is 184 Å². The van der Waals surface area contributed by atoms with Crippen LogP contribution in [-0.4, -0.2) is 17.1 Å². The van der Waals surface area contributed by atoms with Gasteiger partial charge >= 0.3 is 13.7 Å². The van der Waals surface area contributed by atoms with Crippen LogP contribution in [0.2, 0.25) is 0 Å². The van der Waals surface area contributed by atoms with Gasteiger partial charge in [0, 0.05) is 0 Å². The number of hydrogen-bond acceptors (Lipinski definition) is 4. The zero-order valence-electron chi connectivity index (χ0n) is 16.7. The van der Waals surface area contributed by atoms with Gasteiger partial charge in [0.2, 0.25) is 34.8 Å². The number of hydrogen-bond donors (Lipinski definition) is 2. The van der Waals surface area contributed by atoms with Gasteiger partial charge in [0.25, 0.3) is 0 Å². The standard InChI is InChI=1S/C21H15F5NO5P/c1-11(21(28)29)27-33(30,32-20-18(25)16(23)15(22)17(24)19(20)26)31-14-9-7-13(8-10-14)12-5-3-2-4-6-12/h2-11H,1H3,(H,27,30)(H,28,29)/t11-,33?/m0/s1. The van der Waals surface area contributed by atoms with E-state index in [1.807, 2.05) is 23.3 Å². The van der Waals surface area contributed by atoms with E-state index in [9.17, 15) is 31.3 Å². The van der Waals surface area contributed by atoms with Crippen LogP contribution in [0.15, 0.2) is 54.6 Å². The zero-order valence-corrected chi connectivity index (χ0v) is 17.6. The Balaban J connectivity index is 1.97. The first-order valence-electron chi connectivity index (χ1n) is 9.19.